The standard InChI is InChI=1S/C24H21ClF2N4O4/c1-28-17-4-2-3-12-9-30(10-15(12)17)23-20(25)21-14(8-29-23)22(32)19(35-24(33)34)11-31(21)18-6-5-13(26)7-16(18)27/h2,4-8,11-12,15,17,28H,3,9-10H2,1H3,(H,33,34)/t12-,15+,17-/m1/s1. The monoisotopic (exact) mass is 502 g/mol. The highest BCUT2D eigenvalue weighted by molar-refractivity contribution is 6.37. The molecule has 3 atom stereocenters. The number of likely N-dealkylation sites (N-methyl/N-ethyl adjacent to an activating group) is 1. The Bertz CT molecular complexity index is 1430. The summed E-state index contributed by atoms with van der Waals surface area (Å²) in [7, 11) is 1.91. The Morgan fingerprint density at radius 3 is 2.83 bits per heavy atom. The maximum Gasteiger partial charge on any atom is 0.511 e. The van der Waals surface area contributed by atoms with Gasteiger partial charge in [0, 0.05) is 37.3 Å². The number of fused-ring (bicyclic) bond motifs is 2. The molecular weight excluding hydrogens is 482 g/mol. The number of hydrogen-bond acceptors (Lipinski definition) is 6. The average Bonchev–Trinajstić information content (AvgIpc) is 3.25. The summed E-state index contributed by atoms with van der Waals surface area (Å²) < 4.78 is 34.2. The van der Waals surface area contributed by atoms with Gasteiger partial charge in [-0.25, -0.2) is 18.6 Å². The Morgan fingerprint density at radius 1 is 1.31 bits per heavy atom. The van der Waals surface area contributed by atoms with E-state index in [1.807, 2.05) is 11.9 Å². The van der Waals surface area contributed by atoms with Crippen LogP contribution in [0, 0.1) is 23.5 Å². The van der Waals surface area contributed by atoms with Crippen LogP contribution >= 0.6 is 11.6 Å². The van der Waals surface area contributed by atoms with Crippen LogP contribution in [0.5, 0.6) is 5.75 Å². The molecule has 1 saturated heterocycles. The Kier molecular flexibility index (Phi) is 5.94. The largest absolute Gasteiger partial charge is 0.511 e. The zero-order chi connectivity index (χ0) is 24.9. The first-order chi connectivity index (χ1) is 16.8. The third-order valence-corrected chi connectivity index (χ3v) is 7.01. The lowest BCUT2D eigenvalue weighted by Crippen LogP contribution is -2.38. The second-order valence-corrected chi connectivity index (χ2v) is 9.00. The van der Waals surface area contributed by atoms with Gasteiger partial charge in [-0.15, -0.1) is 0 Å². The first-order valence-electron chi connectivity index (χ1n) is 11.0. The van der Waals surface area contributed by atoms with Crippen LogP contribution in [0.2, 0.25) is 5.02 Å². The highest BCUT2D eigenvalue weighted by Gasteiger charge is 2.39. The molecule has 2 N–H and O–H groups in total. The Labute approximate surface area is 203 Å². The normalized spacial score (nSPS) is 21.4. The molecule has 1 aromatic carbocycles. The fraction of sp³-hybridized carbons (Fsp3) is 0.292. The lowest BCUT2D eigenvalue weighted by Gasteiger charge is -2.28. The molecule has 3 heterocycles. The third-order valence-electron chi connectivity index (χ3n) is 6.67. The molecule has 0 spiro atoms. The second-order valence-electron chi connectivity index (χ2n) is 8.62. The number of carbonyl (C=O) groups is 1. The summed E-state index contributed by atoms with van der Waals surface area (Å²) in [6.07, 6.45) is 5.83. The first kappa shape index (κ1) is 23.3. The van der Waals surface area contributed by atoms with E-state index in [0.717, 1.165) is 18.7 Å². The van der Waals surface area contributed by atoms with Gasteiger partial charge in [0.2, 0.25) is 5.43 Å². The minimum absolute atomic E-state index is 0.0624. The van der Waals surface area contributed by atoms with Gasteiger partial charge in [-0.2, -0.15) is 0 Å². The number of rotatable bonds is 4. The molecule has 182 valence electrons. The van der Waals surface area contributed by atoms with Crippen molar-refractivity contribution in [2.45, 2.75) is 12.5 Å². The molecule has 0 saturated carbocycles. The Hall–Kier alpha value is -3.50. The highest BCUT2D eigenvalue weighted by atomic mass is 35.5. The number of hydrogen-bond donors (Lipinski definition) is 2. The van der Waals surface area contributed by atoms with E-state index in [9.17, 15) is 18.4 Å². The van der Waals surface area contributed by atoms with E-state index < -0.39 is 29.0 Å². The fourth-order valence-corrected chi connectivity index (χ4v) is 5.44. The molecule has 35 heavy (non-hydrogen) atoms. The maximum atomic E-state index is 14.8. The third kappa shape index (κ3) is 4.02. The Balaban J connectivity index is 1.69. The molecule has 1 aliphatic heterocycles. The van der Waals surface area contributed by atoms with Gasteiger partial charge in [-0.05, 0) is 31.5 Å². The van der Waals surface area contributed by atoms with E-state index >= 15 is 0 Å². The predicted molar refractivity (Wildman–Crippen MR) is 127 cm³/mol. The van der Waals surface area contributed by atoms with Crippen molar-refractivity contribution in [3.8, 4) is 11.4 Å². The van der Waals surface area contributed by atoms with Crippen molar-refractivity contribution in [1.29, 1.82) is 0 Å². The van der Waals surface area contributed by atoms with Crippen molar-refractivity contribution in [2.24, 2.45) is 11.8 Å². The number of pyridine rings is 2. The van der Waals surface area contributed by atoms with E-state index in [1.54, 1.807) is 0 Å². The minimum Gasteiger partial charge on any atom is -0.449 e. The van der Waals surface area contributed by atoms with Crippen molar-refractivity contribution >= 4 is 34.5 Å². The van der Waals surface area contributed by atoms with Crippen LogP contribution in [0.25, 0.3) is 16.6 Å². The molecule has 1 aliphatic carbocycles. The maximum absolute atomic E-state index is 14.8. The van der Waals surface area contributed by atoms with Crippen LogP contribution in [0.3, 0.4) is 0 Å². The fourth-order valence-electron chi connectivity index (χ4n) is 5.07. The van der Waals surface area contributed by atoms with Crippen LogP contribution in [0.1, 0.15) is 6.42 Å². The van der Waals surface area contributed by atoms with E-state index in [-0.39, 0.29) is 27.7 Å². The number of ether oxygens (including phenoxy) is 1. The molecule has 11 heteroatoms. The SMILES string of the molecule is CN[C@@H]1C=CC[C@@H]2CN(c3ncc4c(=O)c(OC(=O)O)cn(-c5ccc(F)cc5F)c4c3Cl)C[C@@H]21. The van der Waals surface area contributed by atoms with Crippen molar-refractivity contribution < 1.29 is 23.4 Å². The van der Waals surface area contributed by atoms with Crippen molar-refractivity contribution in [1.82, 2.24) is 14.9 Å². The summed E-state index contributed by atoms with van der Waals surface area (Å²) in [6.45, 7) is 1.37. The molecule has 0 amide bonds. The lowest BCUT2D eigenvalue weighted by molar-refractivity contribution is 0.144. The molecule has 5 rings (SSSR count). The molecule has 0 radical (unpaired) electrons. The van der Waals surface area contributed by atoms with Gasteiger partial charge in [0.15, 0.2) is 5.75 Å². The molecule has 2 aliphatic rings. The number of aromatic nitrogens is 2. The predicted octanol–water partition coefficient (Wildman–Crippen LogP) is 3.97. The number of halogens is 3. The van der Waals surface area contributed by atoms with Crippen LogP contribution in [-0.2, 0) is 0 Å². The first-order valence-corrected chi connectivity index (χ1v) is 11.3. The summed E-state index contributed by atoms with van der Waals surface area (Å²) in [6, 6.07) is 3.11. The molecule has 0 bridgehead atoms. The highest BCUT2D eigenvalue weighted by Crippen LogP contribution is 2.39. The number of allylic oxidation sites excluding steroid dienone is 1. The van der Waals surface area contributed by atoms with E-state index in [2.05, 4.69) is 27.2 Å². The van der Waals surface area contributed by atoms with Gasteiger partial charge in [-0.3, -0.25) is 4.79 Å². The summed E-state index contributed by atoms with van der Waals surface area (Å²) in [5, 5.41) is 12.4. The number of anilines is 1. The van der Waals surface area contributed by atoms with Gasteiger partial charge < -0.3 is 24.6 Å². The smallest absolute Gasteiger partial charge is 0.449 e. The zero-order valence-electron chi connectivity index (χ0n) is 18.5. The molecular formula is C24H21ClF2N4O4. The summed E-state index contributed by atoms with van der Waals surface area (Å²) in [4.78, 5) is 30.6. The average molecular weight is 503 g/mol. The number of benzene rings is 1. The Morgan fingerprint density at radius 2 is 2.11 bits per heavy atom. The zero-order valence-corrected chi connectivity index (χ0v) is 19.3. The summed E-state index contributed by atoms with van der Waals surface area (Å²) in [5.41, 5.74) is -0.792. The molecule has 2 aromatic heterocycles. The molecule has 3 aromatic rings. The number of nitrogens with one attached hydrogen (secondary N) is 1. The number of nitrogens with zero attached hydrogens (tertiary/aromatic N) is 3. The van der Waals surface area contributed by atoms with E-state index in [0.29, 0.717) is 36.8 Å². The quantitative estimate of drug-likeness (QED) is 0.411. The van der Waals surface area contributed by atoms with Crippen LogP contribution in [0.15, 0.2) is 47.5 Å². The van der Waals surface area contributed by atoms with Crippen molar-refractivity contribution in [3.05, 3.63) is 69.6 Å². The van der Waals surface area contributed by atoms with Crippen LogP contribution in [-0.4, -0.2) is 47.0 Å². The molecule has 0 unspecified atom stereocenters. The lowest BCUT2D eigenvalue weighted by atomic mass is 9.82. The van der Waals surface area contributed by atoms with Gasteiger partial charge in [0.1, 0.15) is 22.5 Å². The number of carboxylic acid groups (broad SMARTS) is 1. The van der Waals surface area contributed by atoms with Crippen molar-refractivity contribution in [3.63, 3.8) is 0 Å². The van der Waals surface area contributed by atoms with E-state index in [4.69, 9.17) is 16.7 Å². The van der Waals surface area contributed by atoms with Gasteiger partial charge in [0.25, 0.3) is 0 Å². The van der Waals surface area contributed by atoms with Crippen LogP contribution in [0.4, 0.5) is 19.4 Å². The van der Waals surface area contributed by atoms with Gasteiger partial charge in [0.05, 0.1) is 22.8 Å². The summed E-state index contributed by atoms with van der Waals surface area (Å²) >= 11 is 6.81. The van der Waals surface area contributed by atoms with Gasteiger partial charge >= 0.3 is 6.16 Å². The molecule has 1 fully saturated rings. The van der Waals surface area contributed by atoms with E-state index in [1.165, 1.54) is 16.8 Å². The van der Waals surface area contributed by atoms with Crippen molar-refractivity contribution in [2.75, 3.05) is 25.0 Å². The minimum atomic E-state index is -1.71. The van der Waals surface area contributed by atoms with Gasteiger partial charge in [-0.1, -0.05) is 23.8 Å². The summed E-state index contributed by atoms with van der Waals surface area (Å²) in [5.74, 6) is -1.14. The molecule has 8 nitrogen and oxygen atoms in total. The topological polar surface area (TPSA) is 96.7 Å². The van der Waals surface area contributed by atoms with Crippen LogP contribution < -0.4 is 20.4 Å². The second kappa shape index (κ2) is 8.94.